The van der Waals surface area contributed by atoms with Crippen LogP contribution in [0.5, 0.6) is 0 Å². The molecule has 2 heterocycles. The van der Waals surface area contributed by atoms with Crippen molar-refractivity contribution in [2.75, 3.05) is 0 Å². The first-order valence-electron chi connectivity index (χ1n) is 8.10. The molecule has 0 aromatic rings. The van der Waals surface area contributed by atoms with Crippen molar-refractivity contribution in [3.63, 3.8) is 0 Å². The van der Waals surface area contributed by atoms with Crippen LogP contribution in [0.1, 0.15) is 70.6 Å². The van der Waals surface area contributed by atoms with Crippen molar-refractivity contribution in [1.29, 1.82) is 0 Å². The third-order valence-electron chi connectivity index (χ3n) is 5.75. The van der Waals surface area contributed by atoms with Gasteiger partial charge in [-0.25, -0.2) is 0 Å². The van der Waals surface area contributed by atoms with E-state index in [2.05, 4.69) is 12.2 Å². The summed E-state index contributed by atoms with van der Waals surface area (Å²) in [5.41, 5.74) is 0. The molecule has 3 aliphatic rings. The second kappa shape index (κ2) is 5.63. The third-order valence-corrected chi connectivity index (χ3v) is 5.75. The second-order valence-corrected chi connectivity index (χ2v) is 6.70. The first-order valence-corrected chi connectivity index (χ1v) is 8.10. The first-order chi connectivity index (χ1) is 8.45. The van der Waals surface area contributed by atoms with Crippen molar-refractivity contribution in [3.05, 3.63) is 12.2 Å². The lowest BCUT2D eigenvalue weighted by Gasteiger charge is -2.44. The van der Waals surface area contributed by atoms with E-state index >= 15 is 0 Å². The minimum absolute atomic E-state index is 1.08. The Labute approximate surface area is 107 Å². The molecule has 2 fully saturated rings. The zero-order valence-electron chi connectivity index (χ0n) is 11.2. The van der Waals surface area contributed by atoms with Gasteiger partial charge in [0.1, 0.15) is 6.71 Å². The second-order valence-electron chi connectivity index (χ2n) is 6.70. The molecule has 0 radical (unpaired) electrons. The lowest BCUT2D eigenvalue weighted by Crippen LogP contribution is -2.38. The minimum atomic E-state index is 1.08. The van der Waals surface area contributed by atoms with Gasteiger partial charge in [-0.3, -0.25) is 0 Å². The number of allylic oxidation sites excluding steroid dienone is 2. The van der Waals surface area contributed by atoms with Crippen LogP contribution in [0, 0.1) is 0 Å². The summed E-state index contributed by atoms with van der Waals surface area (Å²) >= 11 is 0. The van der Waals surface area contributed by atoms with Crippen molar-refractivity contribution in [2.24, 2.45) is 0 Å². The Hall–Kier alpha value is -0.195. The molecule has 0 spiro atoms. The normalized spacial score (nSPS) is 40.5. The van der Waals surface area contributed by atoms with Gasteiger partial charge in [0, 0.05) is 0 Å². The van der Waals surface area contributed by atoms with Crippen LogP contribution >= 0.6 is 0 Å². The highest BCUT2D eigenvalue weighted by Gasteiger charge is 2.42. The van der Waals surface area contributed by atoms with E-state index in [0.717, 1.165) is 24.2 Å². The minimum Gasteiger partial charge on any atom is -0.0886 e. The van der Waals surface area contributed by atoms with E-state index in [1.807, 2.05) is 0 Å². The molecule has 0 amide bonds. The largest absolute Gasteiger partial charge is 0.149 e. The molecule has 1 heteroatoms. The molecule has 2 aliphatic heterocycles. The molecular formula is C16H27B. The molecule has 0 N–H and O–H groups in total. The fourth-order valence-corrected chi connectivity index (χ4v) is 5.07. The average Bonchev–Trinajstić information content (AvgIpc) is 2.27. The van der Waals surface area contributed by atoms with Crippen molar-refractivity contribution in [2.45, 2.75) is 88.1 Å². The predicted octanol–water partition coefficient (Wildman–Crippen LogP) is 5.48. The van der Waals surface area contributed by atoms with Gasteiger partial charge in [0.2, 0.25) is 0 Å². The monoisotopic (exact) mass is 230 g/mol. The molecule has 1 atom stereocenters. The molecule has 17 heavy (non-hydrogen) atoms. The van der Waals surface area contributed by atoms with E-state index in [1.165, 1.54) is 32.1 Å². The summed E-state index contributed by atoms with van der Waals surface area (Å²) in [6.45, 7) is 1.13. The number of fused-ring (bicyclic) bond motifs is 2. The summed E-state index contributed by atoms with van der Waals surface area (Å²) in [6, 6.07) is 0. The zero-order chi connectivity index (χ0) is 11.5. The first kappa shape index (κ1) is 11.9. The molecule has 94 valence electrons. The average molecular weight is 230 g/mol. The maximum Gasteiger partial charge on any atom is 0.149 e. The van der Waals surface area contributed by atoms with Crippen LogP contribution in [-0.4, -0.2) is 6.71 Å². The summed E-state index contributed by atoms with van der Waals surface area (Å²) in [5, 5.41) is 0. The van der Waals surface area contributed by atoms with E-state index in [-0.39, 0.29) is 0 Å². The molecule has 0 aromatic heterocycles. The van der Waals surface area contributed by atoms with Crippen LogP contribution < -0.4 is 0 Å². The standard InChI is InChI=1S/C16H27B/c1-2-4-8-14(9-5-3-1)17-15-10-6-11-16(17)13-7-12-15/h1-2,14-16H,3-13H2/b2-1-/t14-,15?,16?/m0/s1. The fraction of sp³-hybridized carbons (Fsp3) is 0.875. The van der Waals surface area contributed by atoms with E-state index in [1.54, 1.807) is 38.5 Å². The van der Waals surface area contributed by atoms with Gasteiger partial charge in [-0.1, -0.05) is 87.4 Å². The lowest BCUT2D eigenvalue weighted by atomic mass is 9.21. The Bertz CT molecular complexity index is 249. The lowest BCUT2D eigenvalue weighted by molar-refractivity contribution is 0.426. The maximum atomic E-state index is 2.45. The van der Waals surface area contributed by atoms with E-state index < -0.39 is 0 Å². The quantitative estimate of drug-likeness (QED) is 0.413. The number of hydrogen-bond donors (Lipinski definition) is 0. The Morgan fingerprint density at radius 1 is 0.588 bits per heavy atom. The Morgan fingerprint density at radius 3 is 1.82 bits per heavy atom. The van der Waals surface area contributed by atoms with Crippen LogP contribution in [0.4, 0.5) is 0 Å². The predicted molar refractivity (Wildman–Crippen MR) is 76.9 cm³/mol. The van der Waals surface area contributed by atoms with Gasteiger partial charge in [0.15, 0.2) is 0 Å². The van der Waals surface area contributed by atoms with Gasteiger partial charge in [-0.2, -0.15) is 0 Å². The Kier molecular flexibility index (Phi) is 3.93. The van der Waals surface area contributed by atoms with Gasteiger partial charge in [0.25, 0.3) is 0 Å². The highest BCUT2D eigenvalue weighted by atomic mass is 14.3. The zero-order valence-corrected chi connectivity index (χ0v) is 11.2. The van der Waals surface area contributed by atoms with Crippen LogP contribution in [0.15, 0.2) is 12.2 Å². The van der Waals surface area contributed by atoms with Crippen molar-refractivity contribution < 1.29 is 0 Å². The molecule has 1 aliphatic carbocycles. The van der Waals surface area contributed by atoms with Gasteiger partial charge in [0.05, 0.1) is 0 Å². The summed E-state index contributed by atoms with van der Waals surface area (Å²) in [5.74, 6) is 3.32. The summed E-state index contributed by atoms with van der Waals surface area (Å²) in [7, 11) is 0. The van der Waals surface area contributed by atoms with Crippen LogP contribution in [-0.2, 0) is 0 Å². The van der Waals surface area contributed by atoms with Crippen LogP contribution in [0.25, 0.3) is 0 Å². The van der Waals surface area contributed by atoms with Crippen molar-refractivity contribution >= 4 is 6.71 Å². The smallest absolute Gasteiger partial charge is 0.0886 e. The topological polar surface area (TPSA) is 0 Å². The van der Waals surface area contributed by atoms with Crippen LogP contribution in [0.2, 0.25) is 17.5 Å². The van der Waals surface area contributed by atoms with Crippen molar-refractivity contribution in [1.82, 2.24) is 0 Å². The molecule has 2 bridgehead atoms. The molecule has 0 aromatic carbocycles. The van der Waals surface area contributed by atoms with Gasteiger partial charge in [-0.05, 0) is 12.8 Å². The van der Waals surface area contributed by atoms with E-state index in [9.17, 15) is 0 Å². The Morgan fingerprint density at radius 2 is 1.12 bits per heavy atom. The molecule has 0 saturated carbocycles. The maximum absolute atomic E-state index is 2.45. The van der Waals surface area contributed by atoms with Crippen molar-refractivity contribution in [3.8, 4) is 0 Å². The number of hydrogen-bond acceptors (Lipinski definition) is 0. The van der Waals surface area contributed by atoms with Gasteiger partial charge in [-0.15, -0.1) is 0 Å². The van der Waals surface area contributed by atoms with Crippen LogP contribution in [0.3, 0.4) is 0 Å². The SMILES string of the molecule is C1=C\CC[C@H](B2C3CCCC2CCC3)CCC/1. The third kappa shape index (κ3) is 2.64. The molecular weight excluding hydrogens is 203 g/mol. The summed E-state index contributed by atoms with van der Waals surface area (Å²) < 4.78 is 0. The van der Waals surface area contributed by atoms with E-state index in [0.29, 0.717) is 0 Å². The highest BCUT2D eigenvalue weighted by molar-refractivity contribution is 6.64. The molecule has 2 saturated heterocycles. The molecule has 0 unspecified atom stereocenters. The Balaban J connectivity index is 1.70. The number of rotatable bonds is 1. The van der Waals surface area contributed by atoms with Gasteiger partial charge < -0.3 is 0 Å². The van der Waals surface area contributed by atoms with Gasteiger partial charge >= 0.3 is 0 Å². The summed E-state index contributed by atoms with van der Waals surface area (Å²) in [6.07, 6.45) is 21.4. The summed E-state index contributed by atoms with van der Waals surface area (Å²) in [4.78, 5) is 0. The van der Waals surface area contributed by atoms with E-state index in [4.69, 9.17) is 0 Å². The fourth-order valence-electron chi connectivity index (χ4n) is 5.07. The highest BCUT2D eigenvalue weighted by Crippen LogP contribution is 2.52. The molecule has 0 nitrogen and oxygen atoms in total. The molecule has 3 rings (SSSR count).